The first kappa shape index (κ1) is 15.8. The van der Waals surface area contributed by atoms with Gasteiger partial charge in [-0.1, -0.05) is 36.4 Å². The lowest BCUT2D eigenvalue weighted by molar-refractivity contribution is 0.644. The van der Waals surface area contributed by atoms with Crippen LogP contribution < -0.4 is 10.6 Å². The lowest BCUT2D eigenvalue weighted by Crippen LogP contribution is -2.26. The molecule has 0 amide bonds. The molecule has 23 heavy (non-hydrogen) atoms. The lowest BCUT2D eigenvalue weighted by Gasteiger charge is -2.23. The van der Waals surface area contributed by atoms with Gasteiger partial charge in [0, 0.05) is 17.8 Å². The van der Waals surface area contributed by atoms with Crippen LogP contribution in [0.4, 0.5) is 0 Å². The summed E-state index contributed by atoms with van der Waals surface area (Å²) < 4.78 is 0. The molecule has 0 saturated heterocycles. The Morgan fingerprint density at radius 1 is 1.13 bits per heavy atom. The molecular weight excluding hydrogens is 282 g/mol. The minimum atomic E-state index is 0.289. The molecule has 3 rings (SSSR count). The number of nitrogens with zero attached hydrogens (tertiary/aromatic N) is 1. The average molecular weight is 307 g/mol. The highest BCUT2D eigenvalue weighted by Crippen LogP contribution is 2.35. The highest BCUT2D eigenvalue weighted by Gasteiger charge is 2.26. The number of dihydropyridines is 1. The standard InChI is InChI=1S/C20H25N3/c1-14-7-4-5-8-16(14)19-13-18(22-12-6-11-21-3)17-10-9-15(2)20(17)23-19/h4-5,7-10,13,17,21-22H,6,11-12H2,1-3H3. The molecule has 0 saturated carbocycles. The maximum Gasteiger partial charge on any atom is 0.0726 e. The largest absolute Gasteiger partial charge is 0.387 e. The van der Waals surface area contributed by atoms with Crippen molar-refractivity contribution < 1.29 is 0 Å². The van der Waals surface area contributed by atoms with E-state index >= 15 is 0 Å². The van der Waals surface area contributed by atoms with Crippen LogP contribution in [0.1, 0.15) is 24.5 Å². The van der Waals surface area contributed by atoms with Gasteiger partial charge in [-0.2, -0.15) is 0 Å². The van der Waals surface area contributed by atoms with Crippen molar-refractivity contribution in [1.29, 1.82) is 0 Å². The Labute approximate surface area is 138 Å². The van der Waals surface area contributed by atoms with Crippen molar-refractivity contribution in [3.05, 3.63) is 70.6 Å². The molecule has 1 atom stereocenters. The van der Waals surface area contributed by atoms with Gasteiger partial charge >= 0.3 is 0 Å². The molecule has 0 spiro atoms. The predicted molar refractivity (Wildman–Crippen MR) is 97.7 cm³/mol. The highest BCUT2D eigenvalue weighted by atomic mass is 14.9. The quantitative estimate of drug-likeness (QED) is 0.791. The summed E-state index contributed by atoms with van der Waals surface area (Å²) >= 11 is 0. The van der Waals surface area contributed by atoms with Gasteiger partial charge in [0.05, 0.1) is 17.3 Å². The first-order valence-corrected chi connectivity index (χ1v) is 8.34. The highest BCUT2D eigenvalue weighted by molar-refractivity contribution is 6.11. The fourth-order valence-electron chi connectivity index (χ4n) is 3.13. The van der Waals surface area contributed by atoms with E-state index in [0.717, 1.165) is 25.2 Å². The van der Waals surface area contributed by atoms with Gasteiger partial charge in [0.2, 0.25) is 0 Å². The van der Waals surface area contributed by atoms with E-state index in [-0.39, 0.29) is 5.92 Å². The van der Waals surface area contributed by atoms with Gasteiger partial charge in [0.15, 0.2) is 0 Å². The summed E-state index contributed by atoms with van der Waals surface area (Å²) in [4.78, 5) is 4.96. The molecule has 3 nitrogen and oxygen atoms in total. The number of aryl methyl sites for hydroxylation is 1. The molecule has 0 fully saturated rings. The summed E-state index contributed by atoms with van der Waals surface area (Å²) in [5, 5.41) is 6.82. The van der Waals surface area contributed by atoms with Crippen LogP contribution in [-0.2, 0) is 0 Å². The number of aliphatic imine (C=N–C) groups is 1. The summed E-state index contributed by atoms with van der Waals surface area (Å²) in [6.45, 7) is 6.30. The number of hydrogen-bond acceptors (Lipinski definition) is 3. The fourth-order valence-corrected chi connectivity index (χ4v) is 3.13. The number of benzene rings is 1. The number of hydrogen-bond donors (Lipinski definition) is 2. The molecule has 120 valence electrons. The summed E-state index contributed by atoms with van der Waals surface area (Å²) in [5.74, 6) is 0.289. The third kappa shape index (κ3) is 3.30. The molecule has 1 aliphatic heterocycles. The Bertz CT molecular complexity index is 707. The number of fused-ring (bicyclic) bond motifs is 1. The average Bonchev–Trinajstić information content (AvgIpc) is 2.93. The first-order valence-electron chi connectivity index (χ1n) is 8.34. The second-order valence-electron chi connectivity index (χ2n) is 6.20. The minimum absolute atomic E-state index is 0.289. The third-order valence-electron chi connectivity index (χ3n) is 4.46. The van der Waals surface area contributed by atoms with Crippen molar-refractivity contribution in [1.82, 2.24) is 10.6 Å². The van der Waals surface area contributed by atoms with Crippen LogP contribution in [0.5, 0.6) is 0 Å². The molecule has 1 heterocycles. The van der Waals surface area contributed by atoms with Gasteiger partial charge in [-0.05, 0) is 51.1 Å². The monoisotopic (exact) mass is 307 g/mol. The molecule has 1 aromatic carbocycles. The Morgan fingerprint density at radius 2 is 1.96 bits per heavy atom. The minimum Gasteiger partial charge on any atom is -0.387 e. The Balaban J connectivity index is 1.90. The van der Waals surface area contributed by atoms with E-state index in [4.69, 9.17) is 4.99 Å². The van der Waals surface area contributed by atoms with Crippen LogP contribution in [0.15, 0.2) is 64.5 Å². The summed E-state index contributed by atoms with van der Waals surface area (Å²) in [6, 6.07) is 8.46. The van der Waals surface area contributed by atoms with Crippen LogP contribution >= 0.6 is 0 Å². The van der Waals surface area contributed by atoms with Gasteiger partial charge in [-0.3, -0.25) is 4.99 Å². The molecule has 2 N–H and O–H groups in total. The van der Waals surface area contributed by atoms with Crippen molar-refractivity contribution in [2.45, 2.75) is 20.3 Å². The van der Waals surface area contributed by atoms with Gasteiger partial charge in [-0.25, -0.2) is 0 Å². The molecule has 1 aromatic rings. The molecule has 3 heteroatoms. The normalized spacial score (nSPS) is 19.5. The Morgan fingerprint density at radius 3 is 2.74 bits per heavy atom. The number of rotatable bonds is 6. The topological polar surface area (TPSA) is 36.4 Å². The zero-order valence-electron chi connectivity index (χ0n) is 14.2. The maximum absolute atomic E-state index is 4.96. The third-order valence-corrected chi connectivity index (χ3v) is 4.46. The molecular formula is C20H25N3. The molecule has 1 aliphatic carbocycles. The smallest absolute Gasteiger partial charge is 0.0726 e. The summed E-state index contributed by atoms with van der Waals surface area (Å²) in [6.07, 6.45) is 7.77. The maximum atomic E-state index is 4.96. The fraction of sp³-hybridized carbons (Fsp3) is 0.350. The second-order valence-corrected chi connectivity index (χ2v) is 6.20. The molecule has 0 radical (unpaired) electrons. The summed E-state index contributed by atoms with van der Waals surface area (Å²) in [5.41, 5.74) is 7.25. The van der Waals surface area contributed by atoms with E-state index in [9.17, 15) is 0 Å². The molecule has 2 aliphatic rings. The van der Waals surface area contributed by atoms with E-state index in [2.05, 4.69) is 67.0 Å². The van der Waals surface area contributed by atoms with Gasteiger partial charge in [-0.15, -0.1) is 0 Å². The van der Waals surface area contributed by atoms with Crippen LogP contribution in [0.3, 0.4) is 0 Å². The van der Waals surface area contributed by atoms with Crippen LogP contribution in [-0.4, -0.2) is 25.8 Å². The number of nitrogens with one attached hydrogen (secondary N) is 2. The number of allylic oxidation sites excluding steroid dienone is 3. The van der Waals surface area contributed by atoms with Gasteiger partial charge in [0.1, 0.15) is 0 Å². The van der Waals surface area contributed by atoms with Gasteiger partial charge in [0.25, 0.3) is 0 Å². The summed E-state index contributed by atoms with van der Waals surface area (Å²) in [7, 11) is 1.99. The van der Waals surface area contributed by atoms with Crippen molar-refractivity contribution >= 4 is 5.71 Å². The van der Waals surface area contributed by atoms with E-state index in [1.54, 1.807) is 0 Å². The van der Waals surface area contributed by atoms with Crippen LogP contribution in [0.25, 0.3) is 0 Å². The van der Waals surface area contributed by atoms with E-state index in [0.29, 0.717) is 0 Å². The zero-order valence-corrected chi connectivity index (χ0v) is 14.2. The molecule has 0 aromatic heterocycles. The van der Waals surface area contributed by atoms with Crippen molar-refractivity contribution in [3.63, 3.8) is 0 Å². The van der Waals surface area contributed by atoms with Gasteiger partial charge < -0.3 is 10.6 Å². The molecule has 1 unspecified atom stereocenters. The zero-order chi connectivity index (χ0) is 16.2. The van der Waals surface area contributed by atoms with Crippen molar-refractivity contribution in [2.75, 3.05) is 20.1 Å². The van der Waals surface area contributed by atoms with E-state index in [1.165, 1.54) is 28.1 Å². The molecule has 0 bridgehead atoms. The lowest BCUT2D eigenvalue weighted by atomic mass is 9.94. The van der Waals surface area contributed by atoms with E-state index < -0.39 is 0 Å². The predicted octanol–water partition coefficient (Wildman–Crippen LogP) is 3.34. The van der Waals surface area contributed by atoms with E-state index in [1.807, 2.05) is 7.05 Å². The Kier molecular flexibility index (Phi) is 4.77. The van der Waals surface area contributed by atoms with Crippen LogP contribution in [0, 0.1) is 12.8 Å². The SMILES string of the molecule is CNCCCNC1=CC(c2ccccc2C)=NC2=C(C)C=CC12. The van der Waals surface area contributed by atoms with Crippen LogP contribution in [0.2, 0.25) is 0 Å². The Hall–Kier alpha value is -2.13. The second kappa shape index (κ2) is 6.97. The van der Waals surface area contributed by atoms with Crippen molar-refractivity contribution in [3.8, 4) is 0 Å². The first-order chi connectivity index (χ1) is 11.2. The van der Waals surface area contributed by atoms with Crippen molar-refractivity contribution in [2.24, 2.45) is 10.9 Å².